The number of aliphatic hydroxyl groups is 1. The maximum absolute atomic E-state index is 11.8. The number of hydrogen-bond donors (Lipinski definition) is 2. The van der Waals surface area contributed by atoms with Crippen LogP contribution in [0.25, 0.3) is 0 Å². The first-order chi connectivity index (χ1) is 9.29. The standard InChI is InChI=1S/C13H22N4O2/c18-8-7-17-11-12(10-15-17)9-14-4-3-13(19)16-5-1-2-6-16/h10-11,14,18H,1-9H2. The molecule has 0 atom stereocenters. The van der Waals surface area contributed by atoms with E-state index < -0.39 is 0 Å². The zero-order valence-electron chi connectivity index (χ0n) is 11.2. The highest BCUT2D eigenvalue weighted by Gasteiger charge is 2.16. The number of aromatic nitrogens is 2. The molecule has 1 fully saturated rings. The van der Waals surface area contributed by atoms with Gasteiger partial charge in [0.1, 0.15) is 0 Å². The lowest BCUT2D eigenvalue weighted by Gasteiger charge is -2.14. The van der Waals surface area contributed by atoms with E-state index in [1.165, 1.54) is 0 Å². The second kappa shape index (κ2) is 7.25. The third-order valence-electron chi connectivity index (χ3n) is 3.32. The minimum atomic E-state index is 0.0961. The molecule has 0 radical (unpaired) electrons. The van der Waals surface area contributed by atoms with Crippen LogP contribution in [0.3, 0.4) is 0 Å². The van der Waals surface area contributed by atoms with Crippen LogP contribution in [0.5, 0.6) is 0 Å². The van der Waals surface area contributed by atoms with Gasteiger partial charge in [0.15, 0.2) is 0 Å². The molecular weight excluding hydrogens is 244 g/mol. The van der Waals surface area contributed by atoms with Gasteiger partial charge in [-0.3, -0.25) is 9.48 Å². The zero-order valence-corrected chi connectivity index (χ0v) is 11.2. The summed E-state index contributed by atoms with van der Waals surface area (Å²) in [6.45, 7) is 3.87. The van der Waals surface area contributed by atoms with Gasteiger partial charge < -0.3 is 15.3 Å². The highest BCUT2D eigenvalue weighted by Crippen LogP contribution is 2.08. The van der Waals surface area contributed by atoms with Crippen molar-refractivity contribution in [2.24, 2.45) is 0 Å². The molecule has 2 N–H and O–H groups in total. The largest absolute Gasteiger partial charge is 0.394 e. The number of carbonyl (C=O) groups excluding carboxylic acids is 1. The molecule has 1 amide bonds. The quantitative estimate of drug-likeness (QED) is 0.680. The van der Waals surface area contributed by atoms with Crippen LogP contribution in [0, 0.1) is 0 Å². The summed E-state index contributed by atoms with van der Waals surface area (Å²) in [6, 6.07) is 0. The van der Waals surface area contributed by atoms with Crippen LogP contribution in [0.1, 0.15) is 24.8 Å². The Bertz CT molecular complexity index is 399. The molecule has 1 aliphatic heterocycles. The number of amides is 1. The van der Waals surface area contributed by atoms with Gasteiger partial charge in [0.25, 0.3) is 0 Å². The van der Waals surface area contributed by atoms with E-state index in [1.54, 1.807) is 10.9 Å². The Hall–Kier alpha value is -1.40. The van der Waals surface area contributed by atoms with Gasteiger partial charge in [0, 0.05) is 44.4 Å². The number of rotatable bonds is 7. The molecule has 6 heteroatoms. The van der Waals surface area contributed by atoms with Crippen molar-refractivity contribution < 1.29 is 9.90 Å². The Morgan fingerprint density at radius 3 is 2.95 bits per heavy atom. The molecule has 106 valence electrons. The molecule has 0 spiro atoms. The molecule has 0 unspecified atom stereocenters. The smallest absolute Gasteiger partial charge is 0.223 e. The van der Waals surface area contributed by atoms with Gasteiger partial charge in [-0.15, -0.1) is 0 Å². The minimum absolute atomic E-state index is 0.0961. The maximum atomic E-state index is 11.8. The Kier molecular flexibility index (Phi) is 5.35. The van der Waals surface area contributed by atoms with Crippen molar-refractivity contribution in [3.63, 3.8) is 0 Å². The van der Waals surface area contributed by atoms with Gasteiger partial charge in [-0.1, -0.05) is 0 Å². The Balaban J connectivity index is 1.61. The SMILES string of the molecule is O=C(CCNCc1cnn(CCO)c1)N1CCCC1. The number of carbonyl (C=O) groups is 1. The summed E-state index contributed by atoms with van der Waals surface area (Å²) in [5, 5.41) is 16.2. The number of nitrogens with one attached hydrogen (secondary N) is 1. The zero-order chi connectivity index (χ0) is 13.5. The molecule has 1 aliphatic rings. The van der Waals surface area contributed by atoms with Crippen LogP contribution >= 0.6 is 0 Å². The van der Waals surface area contributed by atoms with Crippen LogP contribution in [0.2, 0.25) is 0 Å². The lowest BCUT2D eigenvalue weighted by molar-refractivity contribution is -0.130. The fourth-order valence-electron chi connectivity index (χ4n) is 2.28. The van der Waals surface area contributed by atoms with Crippen molar-refractivity contribution in [1.82, 2.24) is 20.0 Å². The summed E-state index contributed by atoms with van der Waals surface area (Å²) in [6.07, 6.45) is 6.54. The van der Waals surface area contributed by atoms with Gasteiger partial charge in [-0.05, 0) is 12.8 Å². The van der Waals surface area contributed by atoms with E-state index in [2.05, 4.69) is 10.4 Å². The van der Waals surface area contributed by atoms with E-state index in [0.29, 0.717) is 26.1 Å². The van der Waals surface area contributed by atoms with Crippen LogP contribution in [-0.4, -0.2) is 51.9 Å². The number of likely N-dealkylation sites (tertiary alicyclic amines) is 1. The topological polar surface area (TPSA) is 70.4 Å². The Morgan fingerprint density at radius 1 is 1.42 bits per heavy atom. The summed E-state index contributed by atoms with van der Waals surface area (Å²) in [5.74, 6) is 0.251. The van der Waals surface area contributed by atoms with Gasteiger partial charge >= 0.3 is 0 Å². The van der Waals surface area contributed by atoms with Gasteiger partial charge in [-0.2, -0.15) is 5.10 Å². The Labute approximate surface area is 113 Å². The van der Waals surface area contributed by atoms with Crippen LogP contribution < -0.4 is 5.32 Å². The average molecular weight is 266 g/mol. The number of hydrogen-bond acceptors (Lipinski definition) is 4. The predicted octanol–water partition coefficient (Wildman–Crippen LogP) is -0.0225. The molecule has 6 nitrogen and oxygen atoms in total. The van der Waals surface area contributed by atoms with Crippen LogP contribution in [0.4, 0.5) is 0 Å². The lowest BCUT2D eigenvalue weighted by Crippen LogP contribution is -2.30. The van der Waals surface area contributed by atoms with Crippen molar-refractivity contribution in [2.75, 3.05) is 26.2 Å². The molecule has 19 heavy (non-hydrogen) atoms. The first-order valence-electron chi connectivity index (χ1n) is 6.90. The van der Waals surface area contributed by atoms with E-state index in [9.17, 15) is 4.79 Å². The summed E-state index contributed by atoms with van der Waals surface area (Å²) in [7, 11) is 0. The fourth-order valence-corrected chi connectivity index (χ4v) is 2.28. The van der Waals surface area contributed by atoms with E-state index in [0.717, 1.165) is 31.5 Å². The van der Waals surface area contributed by atoms with E-state index in [4.69, 9.17) is 5.11 Å². The van der Waals surface area contributed by atoms with Crippen molar-refractivity contribution >= 4 is 5.91 Å². The highest BCUT2D eigenvalue weighted by atomic mass is 16.3. The summed E-state index contributed by atoms with van der Waals surface area (Å²) < 4.78 is 1.71. The third kappa shape index (κ3) is 4.33. The van der Waals surface area contributed by atoms with E-state index in [1.807, 2.05) is 11.1 Å². The molecule has 1 aromatic rings. The first kappa shape index (κ1) is 14.0. The van der Waals surface area contributed by atoms with Crippen molar-refractivity contribution in [1.29, 1.82) is 0 Å². The van der Waals surface area contributed by atoms with E-state index in [-0.39, 0.29) is 12.5 Å². The average Bonchev–Trinajstić information content (AvgIpc) is 3.06. The number of nitrogens with zero attached hydrogens (tertiary/aromatic N) is 3. The molecule has 2 rings (SSSR count). The second-order valence-corrected chi connectivity index (χ2v) is 4.85. The molecule has 0 aliphatic carbocycles. The van der Waals surface area contributed by atoms with Crippen molar-refractivity contribution in [2.45, 2.75) is 32.4 Å². The molecule has 2 heterocycles. The molecule has 1 aromatic heterocycles. The maximum Gasteiger partial charge on any atom is 0.223 e. The van der Waals surface area contributed by atoms with Crippen molar-refractivity contribution in [3.8, 4) is 0 Å². The van der Waals surface area contributed by atoms with Crippen molar-refractivity contribution in [3.05, 3.63) is 18.0 Å². The summed E-state index contributed by atoms with van der Waals surface area (Å²) >= 11 is 0. The molecule has 0 saturated carbocycles. The monoisotopic (exact) mass is 266 g/mol. The molecular formula is C13H22N4O2. The number of aliphatic hydroxyl groups excluding tert-OH is 1. The highest BCUT2D eigenvalue weighted by molar-refractivity contribution is 5.76. The molecule has 0 bridgehead atoms. The lowest BCUT2D eigenvalue weighted by atomic mass is 10.3. The van der Waals surface area contributed by atoms with E-state index >= 15 is 0 Å². The van der Waals surface area contributed by atoms with Gasteiger partial charge in [-0.25, -0.2) is 0 Å². The predicted molar refractivity (Wildman–Crippen MR) is 71.5 cm³/mol. The minimum Gasteiger partial charge on any atom is -0.394 e. The Morgan fingerprint density at radius 2 is 2.21 bits per heavy atom. The first-order valence-corrected chi connectivity index (χ1v) is 6.90. The summed E-state index contributed by atoms with van der Waals surface area (Å²) in [5.41, 5.74) is 1.07. The van der Waals surface area contributed by atoms with Gasteiger partial charge in [0.05, 0.1) is 19.3 Å². The van der Waals surface area contributed by atoms with Gasteiger partial charge in [0.2, 0.25) is 5.91 Å². The fraction of sp³-hybridized carbons (Fsp3) is 0.692. The molecule has 1 saturated heterocycles. The normalized spacial score (nSPS) is 15.1. The molecule has 0 aromatic carbocycles. The summed E-state index contributed by atoms with van der Waals surface area (Å²) in [4.78, 5) is 13.7. The van der Waals surface area contributed by atoms with Crippen LogP contribution in [-0.2, 0) is 17.9 Å². The second-order valence-electron chi connectivity index (χ2n) is 4.85. The third-order valence-corrected chi connectivity index (χ3v) is 3.32. The van der Waals surface area contributed by atoms with Crippen LogP contribution in [0.15, 0.2) is 12.4 Å².